The Balaban J connectivity index is 2.27. The smallest absolute Gasteiger partial charge is 0.358 e. The van der Waals surface area contributed by atoms with Crippen LogP contribution in [0.4, 0.5) is 0 Å². The number of carbonyl (C=O) groups is 1. The Morgan fingerprint density at radius 1 is 1.29 bits per heavy atom. The summed E-state index contributed by atoms with van der Waals surface area (Å²) < 4.78 is 6.86. The minimum atomic E-state index is -1.14. The number of carboxylic acid groups (broad SMARTS) is 1. The predicted molar refractivity (Wildman–Crippen MR) is 75.4 cm³/mol. The van der Waals surface area contributed by atoms with Crippen molar-refractivity contribution >= 4 is 5.97 Å². The average Bonchev–Trinajstić information content (AvgIpc) is 3.15. The van der Waals surface area contributed by atoms with Crippen molar-refractivity contribution in [2.24, 2.45) is 0 Å². The standard InChI is InChI=1S/C15H13N3O3/c1-2-10-6-3-4-7-11(10)18-14(12-8-5-9-21-12)13(15(19)20)16-17-18/h3-9H,2H2,1H3,(H,19,20). The summed E-state index contributed by atoms with van der Waals surface area (Å²) in [6, 6.07) is 11.1. The fourth-order valence-corrected chi connectivity index (χ4v) is 2.25. The first kappa shape index (κ1) is 13.1. The zero-order chi connectivity index (χ0) is 14.8. The van der Waals surface area contributed by atoms with Gasteiger partial charge in [0, 0.05) is 0 Å². The van der Waals surface area contributed by atoms with Crippen LogP contribution < -0.4 is 0 Å². The van der Waals surface area contributed by atoms with Crippen LogP contribution in [0.15, 0.2) is 47.1 Å². The molecule has 0 unspecified atom stereocenters. The van der Waals surface area contributed by atoms with E-state index < -0.39 is 5.97 Å². The molecule has 1 aromatic carbocycles. The number of aromatic carboxylic acids is 1. The Hall–Kier alpha value is -2.89. The maximum absolute atomic E-state index is 11.4. The van der Waals surface area contributed by atoms with E-state index in [2.05, 4.69) is 10.3 Å². The van der Waals surface area contributed by atoms with E-state index >= 15 is 0 Å². The minimum Gasteiger partial charge on any atom is -0.476 e. The third kappa shape index (κ3) is 2.20. The monoisotopic (exact) mass is 283 g/mol. The van der Waals surface area contributed by atoms with Crippen LogP contribution in [0.1, 0.15) is 23.0 Å². The maximum Gasteiger partial charge on any atom is 0.358 e. The molecule has 6 nitrogen and oxygen atoms in total. The van der Waals surface area contributed by atoms with Gasteiger partial charge in [-0.3, -0.25) is 0 Å². The van der Waals surface area contributed by atoms with Gasteiger partial charge in [0.25, 0.3) is 0 Å². The summed E-state index contributed by atoms with van der Waals surface area (Å²) >= 11 is 0. The molecule has 0 radical (unpaired) electrons. The van der Waals surface area contributed by atoms with Gasteiger partial charge in [-0.15, -0.1) is 5.10 Å². The molecule has 0 aliphatic rings. The first-order valence-corrected chi connectivity index (χ1v) is 6.53. The van der Waals surface area contributed by atoms with Crippen LogP contribution >= 0.6 is 0 Å². The van der Waals surface area contributed by atoms with Crippen LogP contribution in [-0.4, -0.2) is 26.1 Å². The summed E-state index contributed by atoms with van der Waals surface area (Å²) in [5.41, 5.74) is 2.06. The molecule has 0 fully saturated rings. The van der Waals surface area contributed by atoms with Crippen LogP contribution in [-0.2, 0) is 6.42 Å². The van der Waals surface area contributed by atoms with Gasteiger partial charge in [0.05, 0.1) is 12.0 Å². The first-order chi connectivity index (χ1) is 10.2. The van der Waals surface area contributed by atoms with Gasteiger partial charge < -0.3 is 9.52 Å². The second-order valence-electron chi connectivity index (χ2n) is 4.46. The van der Waals surface area contributed by atoms with E-state index in [1.807, 2.05) is 31.2 Å². The average molecular weight is 283 g/mol. The number of para-hydroxylation sites is 1. The molecule has 2 aromatic heterocycles. The zero-order valence-corrected chi connectivity index (χ0v) is 11.4. The van der Waals surface area contributed by atoms with Crippen molar-refractivity contribution in [3.63, 3.8) is 0 Å². The molecule has 1 N–H and O–H groups in total. The lowest BCUT2D eigenvalue weighted by atomic mass is 10.1. The predicted octanol–water partition coefficient (Wildman–Crippen LogP) is 2.79. The van der Waals surface area contributed by atoms with Crippen molar-refractivity contribution in [1.29, 1.82) is 0 Å². The van der Waals surface area contributed by atoms with E-state index in [4.69, 9.17) is 4.42 Å². The third-order valence-electron chi connectivity index (χ3n) is 3.23. The van der Waals surface area contributed by atoms with Crippen molar-refractivity contribution in [2.45, 2.75) is 13.3 Å². The largest absolute Gasteiger partial charge is 0.476 e. The van der Waals surface area contributed by atoms with E-state index in [9.17, 15) is 9.90 Å². The van der Waals surface area contributed by atoms with Gasteiger partial charge in [0.15, 0.2) is 5.76 Å². The molecule has 0 aliphatic heterocycles. The summed E-state index contributed by atoms with van der Waals surface area (Å²) in [5.74, 6) is -0.718. The van der Waals surface area contributed by atoms with Crippen molar-refractivity contribution in [1.82, 2.24) is 15.0 Å². The van der Waals surface area contributed by atoms with E-state index in [0.717, 1.165) is 17.7 Å². The van der Waals surface area contributed by atoms with E-state index in [1.165, 1.54) is 10.9 Å². The molecule has 106 valence electrons. The third-order valence-corrected chi connectivity index (χ3v) is 3.23. The fourth-order valence-electron chi connectivity index (χ4n) is 2.25. The van der Waals surface area contributed by atoms with Gasteiger partial charge in [-0.2, -0.15) is 0 Å². The van der Waals surface area contributed by atoms with Crippen molar-refractivity contribution < 1.29 is 14.3 Å². The van der Waals surface area contributed by atoms with Gasteiger partial charge in [-0.1, -0.05) is 30.3 Å². The van der Waals surface area contributed by atoms with Crippen LogP contribution in [0.25, 0.3) is 17.1 Å². The Kier molecular flexibility index (Phi) is 3.27. The maximum atomic E-state index is 11.4. The highest BCUT2D eigenvalue weighted by Crippen LogP contribution is 2.27. The number of aryl methyl sites for hydroxylation is 1. The first-order valence-electron chi connectivity index (χ1n) is 6.53. The van der Waals surface area contributed by atoms with Crippen LogP contribution in [0.2, 0.25) is 0 Å². The number of carboxylic acids is 1. The molecule has 0 aliphatic carbocycles. The number of hydrogen-bond donors (Lipinski definition) is 1. The summed E-state index contributed by atoms with van der Waals surface area (Å²) in [6.45, 7) is 2.03. The lowest BCUT2D eigenvalue weighted by Crippen LogP contribution is -2.04. The molecule has 3 rings (SSSR count). The quantitative estimate of drug-likeness (QED) is 0.796. The molecule has 0 spiro atoms. The normalized spacial score (nSPS) is 10.7. The number of nitrogens with zero attached hydrogens (tertiary/aromatic N) is 3. The minimum absolute atomic E-state index is 0.129. The van der Waals surface area contributed by atoms with Crippen LogP contribution in [0.3, 0.4) is 0 Å². The van der Waals surface area contributed by atoms with Gasteiger partial charge in [-0.25, -0.2) is 9.48 Å². The molecule has 0 atom stereocenters. The summed E-state index contributed by atoms with van der Waals surface area (Å²) in [6.07, 6.45) is 2.29. The number of hydrogen-bond acceptors (Lipinski definition) is 4. The number of rotatable bonds is 4. The molecule has 2 heterocycles. The van der Waals surface area contributed by atoms with Crippen molar-refractivity contribution in [3.8, 4) is 17.1 Å². The molecule has 0 amide bonds. The highest BCUT2D eigenvalue weighted by molar-refractivity contribution is 5.92. The molecule has 0 saturated heterocycles. The number of furan rings is 1. The second-order valence-corrected chi connectivity index (χ2v) is 4.46. The Morgan fingerprint density at radius 2 is 2.10 bits per heavy atom. The highest BCUT2D eigenvalue weighted by Gasteiger charge is 2.24. The summed E-state index contributed by atoms with van der Waals surface area (Å²) in [7, 11) is 0. The molecule has 6 heteroatoms. The van der Waals surface area contributed by atoms with Crippen LogP contribution in [0.5, 0.6) is 0 Å². The Morgan fingerprint density at radius 3 is 2.76 bits per heavy atom. The molecule has 21 heavy (non-hydrogen) atoms. The summed E-state index contributed by atoms with van der Waals surface area (Å²) in [4.78, 5) is 11.4. The highest BCUT2D eigenvalue weighted by atomic mass is 16.4. The molecular formula is C15H13N3O3. The van der Waals surface area contributed by atoms with Crippen LogP contribution in [0, 0.1) is 0 Å². The molecular weight excluding hydrogens is 270 g/mol. The molecule has 0 saturated carbocycles. The lowest BCUT2D eigenvalue weighted by Gasteiger charge is -2.09. The van der Waals surface area contributed by atoms with E-state index in [1.54, 1.807) is 12.1 Å². The topological polar surface area (TPSA) is 81.2 Å². The van der Waals surface area contributed by atoms with Gasteiger partial charge in [-0.05, 0) is 30.2 Å². The van der Waals surface area contributed by atoms with Gasteiger partial charge in [0.2, 0.25) is 5.69 Å². The van der Waals surface area contributed by atoms with Gasteiger partial charge in [0.1, 0.15) is 5.69 Å². The van der Waals surface area contributed by atoms with Gasteiger partial charge >= 0.3 is 5.97 Å². The zero-order valence-electron chi connectivity index (χ0n) is 11.4. The van der Waals surface area contributed by atoms with Crippen molar-refractivity contribution in [3.05, 3.63) is 53.9 Å². The number of benzene rings is 1. The van der Waals surface area contributed by atoms with Crippen molar-refractivity contribution in [2.75, 3.05) is 0 Å². The SMILES string of the molecule is CCc1ccccc1-n1nnc(C(=O)O)c1-c1ccco1. The Bertz CT molecular complexity index is 775. The fraction of sp³-hybridized carbons (Fsp3) is 0.133. The lowest BCUT2D eigenvalue weighted by molar-refractivity contribution is 0.0691. The molecule has 0 bridgehead atoms. The Labute approximate surface area is 120 Å². The second kappa shape index (κ2) is 5.24. The summed E-state index contributed by atoms with van der Waals surface area (Å²) in [5, 5.41) is 17.1. The molecule has 3 aromatic rings. The van der Waals surface area contributed by atoms with E-state index in [-0.39, 0.29) is 5.69 Å². The van der Waals surface area contributed by atoms with E-state index in [0.29, 0.717) is 11.5 Å². The number of aromatic nitrogens is 3.